The Morgan fingerprint density at radius 1 is 1.17 bits per heavy atom. The molecule has 0 radical (unpaired) electrons. The molecule has 9 nitrogen and oxygen atoms in total. The van der Waals surface area contributed by atoms with Gasteiger partial charge in [-0.1, -0.05) is 18.2 Å². The molecule has 0 unspecified atom stereocenters. The summed E-state index contributed by atoms with van der Waals surface area (Å²) in [5.41, 5.74) is 3.71. The van der Waals surface area contributed by atoms with E-state index in [0.717, 1.165) is 29.7 Å². The molecular formula is C25H24N6O3S. The summed E-state index contributed by atoms with van der Waals surface area (Å²) in [4.78, 5) is 26.8. The van der Waals surface area contributed by atoms with Gasteiger partial charge in [0.15, 0.2) is 0 Å². The van der Waals surface area contributed by atoms with Crippen LogP contribution >= 0.6 is 0 Å². The number of sulfonamides is 1. The fourth-order valence-electron chi connectivity index (χ4n) is 4.20. The van der Waals surface area contributed by atoms with Gasteiger partial charge in [0.05, 0.1) is 29.2 Å². The lowest BCUT2D eigenvalue weighted by atomic mass is 10.1. The molecule has 2 aromatic carbocycles. The van der Waals surface area contributed by atoms with E-state index in [2.05, 4.69) is 20.1 Å². The molecule has 1 aliphatic heterocycles. The number of anilines is 3. The Morgan fingerprint density at radius 3 is 2.63 bits per heavy atom. The molecule has 1 saturated carbocycles. The molecule has 3 aromatic rings. The number of para-hydroxylation sites is 1. The average molecular weight is 489 g/mol. The number of rotatable bonds is 7. The van der Waals surface area contributed by atoms with Crippen molar-refractivity contribution in [2.24, 2.45) is 0 Å². The van der Waals surface area contributed by atoms with Crippen LogP contribution in [0.1, 0.15) is 18.4 Å². The molecule has 0 spiro atoms. The van der Waals surface area contributed by atoms with Crippen LogP contribution in [0.4, 0.5) is 17.3 Å². The molecule has 0 atom stereocenters. The first-order valence-electron chi connectivity index (χ1n) is 11.3. The zero-order valence-electron chi connectivity index (χ0n) is 19.2. The molecule has 2 heterocycles. The van der Waals surface area contributed by atoms with E-state index in [9.17, 15) is 13.2 Å². The maximum atomic E-state index is 13.1. The second kappa shape index (κ2) is 9.09. The molecule has 1 aliphatic carbocycles. The van der Waals surface area contributed by atoms with E-state index in [1.165, 1.54) is 4.31 Å². The number of aromatic nitrogens is 2. The zero-order valence-corrected chi connectivity index (χ0v) is 20.0. The van der Waals surface area contributed by atoms with Crippen LogP contribution in [-0.2, 0) is 21.2 Å². The minimum absolute atomic E-state index is 0.0127. The molecule has 1 amide bonds. The Kier molecular flexibility index (Phi) is 5.96. The van der Waals surface area contributed by atoms with Gasteiger partial charge in [-0.15, -0.1) is 0 Å². The number of nitrogens with one attached hydrogen (secondary N) is 1. The highest BCUT2D eigenvalue weighted by molar-refractivity contribution is 7.89. The number of likely N-dealkylation sites (N-methyl/N-ethyl adjacent to an activating group) is 1. The molecule has 10 heteroatoms. The summed E-state index contributed by atoms with van der Waals surface area (Å²) in [6, 6.07) is 14.0. The number of hydrogen-bond donors (Lipinski definition) is 1. The van der Waals surface area contributed by atoms with Crippen molar-refractivity contribution < 1.29 is 13.2 Å². The predicted octanol–water partition coefficient (Wildman–Crippen LogP) is 3.48. The molecule has 5 rings (SSSR count). The second-order valence-corrected chi connectivity index (χ2v) is 10.5. The Bertz CT molecular complexity index is 1430. The van der Waals surface area contributed by atoms with E-state index in [0.29, 0.717) is 17.3 Å². The highest BCUT2D eigenvalue weighted by Gasteiger charge is 2.38. The first kappa shape index (κ1) is 23.0. The Labute approximate surface area is 204 Å². The molecule has 1 fully saturated rings. The third-order valence-electron chi connectivity index (χ3n) is 6.20. The third-order valence-corrected chi connectivity index (χ3v) is 8.17. The van der Waals surface area contributed by atoms with Crippen molar-refractivity contribution in [2.75, 3.05) is 30.4 Å². The van der Waals surface area contributed by atoms with Crippen LogP contribution in [0.5, 0.6) is 0 Å². The third kappa shape index (κ3) is 4.48. The highest BCUT2D eigenvalue weighted by Crippen LogP contribution is 2.35. The van der Waals surface area contributed by atoms with Gasteiger partial charge in [0.25, 0.3) is 0 Å². The summed E-state index contributed by atoms with van der Waals surface area (Å²) in [7, 11) is -1.91. The van der Waals surface area contributed by atoms with Crippen molar-refractivity contribution in [3.8, 4) is 11.3 Å². The number of amides is 1. The number of carbonyl (C=O) groups is 1. The summed E-state index contributed by atoms with van der Waals surface area (Å²) in [5, 5.41) is 3.14. The number of hydrogen-bond acceptors (Lipinski definition) is 6. The Morgan fingerprint density at radius 2 is 1.91 bits per heavy atom. The van der Waals surface area contributed by atoms with Gasteiger partial charge in [-0.25, -0.2) is 25.0 Å². The smallest absolute Gasteiger partial charge is 0.243 e. The minimum atomic E-state index is -3.67. The van der Waals surface area contributed by atoms with Gasteiger partial charge < -0.3 is 15.1 Å². The molecule has 2 aliphatic rings. The van der Waals surface area contributed by atoms with Crippen LogP contribution < -0.4 is 10.2 Å². The maximum Gasteiger partial charge on any atom is 0.243 e. The lowest BCUT2D eigenvalue weighted by Crippen LogP contribution is -2.35. The molecular weight excluding hydrogens is 464 g/mol. The van der Waals surface area contributed by atoms with E-state index in [1.54, 1.807) is 42.4 Å². The van der Waals surface area contributed by atoms with E-state index < -0.39 is 10.0 Å². The Hall–Kier alpha value is -3.81. The van der Waals surface area contributed by atoms with Gasteiger partial charge >= 0.3 is 0 Å². The molecule has 35 heavy (non-hydrogen) atoms. The Balaban J connectivity index is 1.40. The largest absolute Gasteiger partial charge is 0.324 e. The maximum absolute atomic E-state index is 13.1. The van der Waals surface area contributed by atoms with Crippen molar-refractivity contribution in [2.45, 2.75) is 30.2 Å². The van der Waals surface area contributed by atoms with Gasteiger partial charge in [-0.2, -0.15) is 4.31 Å². The molecule has 1 N–H and O–H groups in total. The zero-order chi connectivity index (χ0) is 24.6. The van der Waals surface area contributed by atoms with Gasteiger partial charge in [0.2, 0.25) is 28.4 Å². The normalized spacial score (nSPS) is 15.2. The van der Waals surface area contributed by atoms with Crippen LogP contribution in [-0.4, -0.2) is 54.8 Å². The van der Waals surface area contributed by atoms with E-state index in [4.69, 9.17) is 6.57 Å². The fourth-order valence-corrected chi connectivity index (χ4v) is 5.87. The van der Waals surface area contributed by atoms with Crippen LogP contribution in [0.15, 0.2) is 59.6 Å². The lowest BCUT2D eigenvalue weighted by Gasteiger charge is -2.19. The standard InChI is InChI=1S/C25H24N6O3S/c1-26-13-14-31(19-9-10-19)35(33,34)20-11-7-18(8-12-20)28-25-27-16-17-15-23(32)30(2)22-6-4-3-5-21(22)24(17)29-25/h3-8,11-12,16,19H,9-10,13-15H2,2H3,(H,27,28,29). The highest BCUT2D eigenvalue weighted by atomic mass is 32.2. The molecule has 178 valence electrons. The lowest BCUT2D eigenvalue weighted by molar-refractivity contribution is -0.117. The summed E-state index contributed by atoms with van der Waals surface area (Å²) in [5.74, 6) is 0.316. The van der Waals surface area contributed by atoms with Crippen LogP contribution in [0.3, 0.4) is 0 Å². The van der Waals surface area contributed by atoms with Crippen molar-refractivity contribution in [3.05, 3.63) is 71.7 Å². The van der Waals surface area contributed by atoms with Crippen molar-refractivity contribution in [1.29, 1.82) is 0 Å². The van der Waals surface area contributed by atoms with E-state index in [-0.39, 0.29) is 36.4 Å². The van der Waals surface area contributed by atoms with E-state index >= 15 is 0 Å². The topological polar surface area (TPSA) is 99.9 Å². The first-order valence-corrected chi connectivity index (χ1v) is 12.8. The van der Waals surface area contributed by atoms with Crippen molar-refractivity contribution in [1.82, 2.24) is 14.3 Å². The molecule has 1 aromatic heterocycles. The number of carbonyl (C=O) groups excluding carboxylic acids is 1. The number of nitrogens with zero attached hydrogens (tertiary/aromatic N) is 5. The quantitative estimate of drug-likeness (QED) is 0.511. The minimum Gasteiger partial charge on any atom is -0.324 e. The first-order chi connectivity index (χ1) is 16.9. The molecule has 0 bridgehead atoms. The van der Waals surface area contributed by atoms with Crippen LogP contribution in [0, 0.1) is 6.57 Å². The predicted molar refractivity (Wildman–Crippen MR) is 133 cm³/mol. The second-order valence-electron chi connectivity index (χ2n) is 8.59. The fraction of sp³-hybridized carbons (Fsp3) is 0.280. The summed E-state index contributed by atoms with van der Waals surface area (Å²) < 4.78 is 27.6. The summed E-state index contributed by atoms with van der Waals surface area (Å²) >= 11 is 0. The summed E-state index contributed by atoms with van der Waals surface area (Å²) in [6.07, 6.45) is 3.52. The van der Waals surface area contributed by atoms with Crippen molar-refractivity contribution >= 4 is 33.3 Å². The van der Waals surface area contributed by atoms with Crippen molar-refractivity contribution in [3.63, 3.8) is 0 Å². The average Bonchev–Trinajstić information content (AvgIpc) is 3.70. The van der Waals surface area contributed by atoms with Crippen LogP contribution in [0.25, 0.3) is 16.1 Å². The molecule has 0 saturated heterocycles. The summed E-state index contributed by atoms with van der Waals surface area (Å²) in [6.45, 7) is 7.35. The van der Waals surface area contributed by atoms with Gasteiger partial charge in [0, 0.05) is 36.1 Å². The SMILES string of the molecule is [C-]#[N+]CCN(C1CC1)S(=O)(=O)c1ccc(Nc2ncc3c(n2)-c2ccccc2N(C)C(=O)C3)cc1. The monoisotopic (exact) mass is 488 g/mol. The van der Waals surface area contributed by atoms with Gasteiger partial charge in [0.1, 0.15) is 0 Å². The van der Waals surface area contributed by atoms with Crippen LogP contribution in [0.2, 0.25) is 0 Å². The van der Waals surface area contributed by atoms with Gasteiger partial charge in [-0.05, 0) is 43.2 Å². The number of fused-ring (bicyclic) bond motifs is 3. The van der Waals surface area contributed by atoms with Gasteiger partial charge in [-0.3, -0.25) is 4.79 Å². The number of benzene rings is 2. The van der Waals surface area contributed by atoms with E-state index in [1.807, 2.05) is 24.3 Å².